The number of amides is 2. The third kappa shape index (κ3) is 7.10. The molecule has 0 radical (unpaired) electrons. The summed E-state index contributed by atoms with van der Waals surface area (Å²) < 4.78 is 4.67. The number of carbonyl (C=O) groups excluding carboxylic acids is 3. The molecule has 0 aromatic rings. The summed E-state index contributed by atoms with van der Waals surface area (Å²) >= 11 is 0. The summed E-state index contributed by atoms with van der Waals surface area (Å²) in [6.45, 7) is 5.42. The quantitative estimate of drug-likeness (QED) is 0.457. The van der Waals surface area contributed by atoms with Crippen LogP contribution in [0.25, 0.3) is 0 Å². The van der Waals surface area contributed by atoms with Gasteiger partial charge in [0.15, 0.2) is 0 Å². The van der Waals surface area contributed by atoms with Gasteiger partial charge in [-0.25, -0.2) is 0 Å². The van der Waals surface area contributed by atoms with Crippen LogP contribution in [-0.2, 0) is 19.1 Å². The van der Waals surface area contributed by atoms with Gasteiger partial charge in [0.05, 0.1) is 13.0 Å². The molecular weight excluding hydrogens is 224 g/mol. The van der Waals surface area contributed by atoms with Gasteiger partial charge in [-0.1, -0.05) is 6.08 Å². The highest BCUT2D eigenvalue weighted by molar-refractivity contribution is 5.88. The molecule has 0 aliphatic rings. The Bertz CT molecular complexity index is 302. The van der Waals surface area contributed by atoms with E-state index in [1.165, 1.54) is 6.08 Å². The monoisotopic (exact) mass is 242 g/mol. The predicted octanol–water partition coefficient (Wildman–Crippen LogP) is -0.124. The van der Waals surface area contributed by atoms with E-state index in [2.05, 4.69) is 16.6 Å². The molecule has 0 aliphatic carbocycles. The summed E-state index contributed by atoms with van der Waals surface area (Å²) in [5.41, 5.74) is 5.08. The van der Waals surface area contributed by atoms with Crippen LogP contribution in [0.2, 0.25) is 0 Å². The van der Waals surface area contributed by atoms with Gasteiger partial charge in [0.25, 0.3) is 0 Å². The van der Waals surface area contributed by atoms with Gasteiger partial charge in [-0.15, -0.1) is 6.58 Å². The summed E-state index contributed by atoms with van der Waals surface area (Å²) in [6.07, 6.45) is 1.71. The zero-order valence-electron chi connectivity index (χ0n) is 9.90. The van der Waals surface area contributed by atoms with Crippen LogP contribution >= 0.6 is 0 Å². The van der Waals surface area contributed by atoms with E-state index in [1.54, 1.807) is 6.92 Å². The molecule has 1 atom stereocenters. The van der Waals surface area contributed by atoms with Gasteiger partial charge >= 0.3 is 5.97 Å². The molecule has 3 N–H and O–H groups in total. The molecule has 17 heavy (non-hydrogen) atoms. The first kappa shape index (κ1) is 15.2. The standard InChI is InChI=1S/C11H18N2O4/c1-3-5-8(11(12)16)13-9(14)6-7-10(15)17-4-2/h3,8H,1,4-7H2,2H3,(H2,12,16)(H,13,14)/t8-/m1/s1. The molecule has 0 saturated heterocycles. The lowest BCUT2D eigenvalue weighted by atomic mass is 10.2. The van der Waals surface area contributed by atoms with Crippen LogP contribution in [0, 0.1) is 0 Å². The number of nitrogens with one attached hydrogen (secondary N) is 1. The molecule has 0 heterocycles. The van der Waals surface area contributed by atoms with E-state index in [-0.39, 0.29) is 25.9 Å². The summed E-state index contributed by atoms with van der Waals surface area (Å²) in [6, 6.07) is -0.776. The molecule has 0 fully saturated rings. The van der Waals surface area contributed by atoms with Crippen LogP contribution in [0.15, 0.2) is 12.7 Å². The van der Waals surface area contributed by atoms with Gasteiger partial charge in [0.1, 0.15) is 6.04 Å². The molecule has 0 spiro atoms. The van der Waals surface area contributed by atoms with Gasteiger partial charge in [-0.3, -0.25) is 14.4 Å². The highest BCUT2D eigenvalue weighted by Gasteiger charge is 2.16. The first-order valence-corrected chi connectivity index (χ1v) is 5.36. The Labute approximate surface area is 100 Å². The Morgan fingerprint density at radius 1 is 1.41 bits per heavy atom. The van der Waals surface area contributed by atoms with Gasteiger partial charge in [-0.2, -0.15) is 0 Å². The average Bonchev–Trinajstić information content (AvgIpc) is 2.26. The van der Waals surface area contributed by atoms with Crippen molar-refractivity contribution in [2.45, 2.75) is 32.2 Å². The minimum Gasteiger partial charge on any atom is -0.466 e. The lowest BCUT2D eigenvalue weighted by Gasteiger charge is -2.13. The molecule has 0 saturated carbocycles. The first-order chi connectivity index (χ1) is 8.01. The van der Waals surface area contributed by atoms with Crippen LogP contribution in [0.1, 0.15) is 26.2 Å². The van der Waals surface area contributed by atoms with E-state index in [0.29, 0.717) is 0 Å². The van der Waals surface area contributed by atoms with Gasteiger partial charge < -0.3 is 15.8 Å². The number of nitrogens with two attached hydrogens (primary N) is 1. The normalized spacial score (nSPS) is 11.4. The third-order valence-corrected chi connectivity index (χ3v) is 1.94. The Kier molecular flexibility index (Phi) is 7.41. The van der Waals surface area contributed by atoms with Crippen molar-refractivity contribution in [3.8, 4) is 0 Å². The Morgan fingerprint density at radius 2 is 2.06 bits per heavy atom. The molecule has 0 aliphatic heterocycles. The fourth-order valence-electron chi connectivity index (χ4n) is 1.13. The first-order valence-electron chi connectivity index (χ1n) is 5.36. The second-order valence-electron chi connectivity index (χ2n) is 3.35. The third-order valence-electron chi connectivity index (χ3n) is 1.94. The second-order valence-corrected chi connectivity index (χ2v) is 3.35. The summed E-state index contributed by atoms with van der Waals surface area (Å²) in [5, 5.41) is 2.42. The van der Waals surface area contributed by atoms with Gasteiger partial charge in [0.2, 0.25) is 11.8 Å². The Balaban J connectivity index is 4.02. The van der Waals surface area contributed by atoms with E-state index >= 15 is 0 Å². The van der Waals surface area contributed by atoms with E-state index in [0.717, 1.165) is 0 Å². The Morgan fingerprint density at radius 3 is 2.53 bits per heavy atom. The predicted molar refractivity (Wildman–Crippen MR) is 61.8 cm³/mol. The highest BCUT2D eigenvalue weighted by atomic mass is 16.5. The van der Waals surface area contributed by atoms with Crippen LogP contribution < -0.4 is 11.1 Å². The number of primary amides is 1. The number of esters is 1. The zero-order valence-corrected chi connectivity index (χ0v) is 9.90. The van der Waals surface area contributed by atoms with Crippen molar-refractivity contribution in [2.24, 2.45) is 5.73 Å². The number of rotatable bonds is 8. The molecule has 6 nitrogen and oxygen atoms in total. The second kappa shape index (κ2) is 8.32. The van der Waals surface area contributed by atoms with Gasteiger partial charge in [0, 0.05) is 6.42 Å². The van der Waals surface area contributed by atoms with Gasteiger partial charge in [-0.05, 0) is 13.3 Å². The molecule has 96 valence electrons. The maximum atomic E-state index is 11.4. The molecular formula is C11H18N2O4. The Hall–Kier alpha value is -1.85. The lowest BCUT2D eigenvalue weighted by Crippen LogP contribution is -2.44. The maximum absolute atomic E-state index is 11.4. The highest BCUT2D eigenvalue weighted by Crippen LogP contribution is 1.97. The van der Waals surface area contributed by atoms with Crippen molar-refractivity contribution in [3.05, 3.63) is 12.7 Å². The van der Waals surface area contributed by atoms with Crippen LogP contribution in [0.3, 0.4) is 0 Å². The molecule has 0 aromatic heterocycles. The number of ether oxygens (including phenoxy) is 1. The maximum Gasteiger partial charge on any atom is 0.306 e. The van der Waals surface area contributed by atoms with E-state index in [9.17, 15) is 14.4 Å². The van der Waals surface area contributed by atoms with Crippen molar-refractivity contribution < 1.29 is 19.1 Å². The fourth-order valence-corrected chi connectivity index (χ4v) is 1.13. The fraction of sp³-hybridized carbons (Fsp3) is 0.545. The topological polar surface area (TPSA) is 98.5 Å². The van der Waals surface area contributed by atoms with Crippen LogP contribution in [-0.4, -0.2) is 30.4 Å². The smallest absolute Gasteiger partial charge is 0.306 e. The molecule has 0 rings (SSSR count). The van der Waals surface area contributed by atoms with E-state index in [1.807, 2.05) is 0 Å². The van der Waals surface area contributed by atoms with Crippen molar-refractivity contribution in [1.82, 2.24) is 5.32 Å². The zero-order chi connectivity index (χ0) is 13.3. The van der Waals surface area contributed by atoms with E-state index in [4.69, 9.17) is 5.73 Å². The molecule has 6 heteroatoms. The summed E-state index contributed by atoms with van der Waals surface area (Å²) in [4.78, 5) is 33.3. The van der Waals surface area contributed by atoms with Crippen molar-refractivity contribution >= 4 is 17.8 Å². The van der Waals surface area contributed by atoms with Crippen LogP contribution in [0.5, 0.6) is 0 Å². The minimum absolute atomic E-state index is 0.0146. The molecule has 2 amide bonds. The molecule has 0 bridgehead atoms. The summed E-state index contributed by atoms with van der Waals surface area (Å²) in [5.74, 6) is -1.49. The molecule has 0 unspecified atom stereocenters. The minimum atomic E-state index is -0.776. The van der Waals surface area contributed by atoms with Crippen LogP contribution in [0.4, 0.5) is 0 Å². The number of carbonyl (C=O) groups is 3. The average molecular weight is 242 g/mol. The van der Waals surface area contributed by atoms with Crippen molar-refractivity contribution in [2.75, 3.05) is 6.61 Å². The van der Waals surface area contributed by atoms with Crippen molar-refractivity contribution in [1.29, 1.82) is 0 Å². The number of hydrogen-bond donors (Lipinski definition) is 2. The largest absolute Gasteiger partial charge is 0.466 e. The van der Waals surface area contributed by atoms with E-state index < -0.39 is 23.8 Å². The lowest BCUT2D eigenvalue weighted by molar-refractivity contribution is -0.144. The summed E-state index contributed by atoms with van der Waals surface area (Å²) in [7, 11) is 0. The SMILES string of the molecule is C=CC[C@@H](NC(=O)CCC(=O)OCC)C(N)=O. The number of hydrogen-bond acceptors (Lipinski definition) is 4. The molecule has 0 aromatic carbocycles. The van der Waals surface area contributed by atoms with Crippen molar-refractivity contribution in [3.63, 3.8) is 0 Å².